The van der Waals surface area contributed by atoms with E-state index in [4.69, 9.17) is 0 Å². The first-order valence-corrected chi connectivity index (χ1v) is 18.7. The summed E-state index contributed by atoms with van der Waals surface area (Å²) in [4.78, 5) is 20.9. The largest absolute Gasteiger partial charge is 0.370 e. The van der Waals surface area contributed by atoms with Crippen molar-refractivity contribution in [3.63, 3.8) is 0 Å². The fourth-order valence-electron chi connectivity index (χ4n) is 6.43. The number of pyridine rings is 3. The van der Waals surface area contributed by atoms with Crippen molar-refractivity contribution in [3.05, 3.63) is 71.9 Å². The van der Waals surface area contributed by atoms with E-state index in [0.717, 1.165) is 17.7 Å². The molecule has 0 aromatic carbocycles. The molecular weight excluding hydrogens is 589 g/mol. The Morgan fingerprint density at radius 2 is 0.958 bits per heavy atom. The van der Waals surface area contributed by atoms with Crippen LogP contribution in [-0.4, -0.2) is 54.2 Å². The maximum absolute atomic E-state index is 4.55. The summed E-state index contributed by atoms with van der Waals surface area (Å²) in [6.07, 6.45) is 15.3. The summed E-state index contributed by atoms with van der Waals surface area (Å²) in [5.74, 6) is 4.55. The molecule has 3 fully saturated rings. The summed E-state index contributed by atoms with van der Waals surface area (Å²) in [6.45, 7) is 24.9. The monoisotopic (exact) mass is 657 g/mol. The van der Waals surface area contributed by atoms with Gasteiger partial charge in [0.15, 0.2) is 0 Å². The molecule has 0 N–H and O–H groups in total. The zero-order valence-corrected chi connectivity index (χ0v) is 31.0. The van der Waals surface area contributed by atoms with Crippen LogP contribution >= 0.6 is 0 Å². The van der Waals surface area contributed by atoms with Crippen molar-refractivity contribution < 1.29 is 0 Å². The Kier molecular flexibility index (Phi) is 16.2. The summed E-state index contributed by atoms with van der Waals surface area (Å²) in [7, 11) is 0. The molecule has 3 aliphatic heterocycles. The van der Waals surface area contributed by atoms with Crippen LogP contribution in [0.25, 0.3) is 0 Å². The van der Waals surface area contributed by atoms with E-state index in [1.54, 1.807) is 0 Å². The molecule has 0 unspecified atom stereocenters. The molecule has 48 heavy (non-hydrogen) atoms. The highest BCUT2D eigenvalue weighted by atomic mass is 15.2. The normalized spacial score (nSPS) is 17.4. The second kappa shape index (κ2) is 19.7. The zero-order valence-electron chi connectivity index (χ0n) is 31.0. The average molecular weight is 657 g/mol. The zero-order chi connectivity index (χ0) is 33.8. The third kappa shape index (κ3) is 12.1. The Balaban J connectivity index is 0.000000193. The van der Waals surface area contributed by atoms with Crippen LogP contribution in [0.1, 0.15) is 142 Å². The molecule has 0 bridgehead atoms. The van der Waals surface area contributed by atoms with Gasteiger partial charge in [-0.05, 0) is 110 Å². The van der Waals surface area contributed by atoms with Crippen LogP contribution in [0.2, 0.25) is 0 Å². The quantitative estimate of drug-likeness (QED) is 0.263. The second-order valence-electron chi connectivity index (χ2n) is 15.2. The lowest BCUT2D eigenvalue weighted by Crippen LogP contribution is -2.32. The van der Waals surface area contributed by atoms with Gasteiger partial charge in [0.05, 0.1) is 23.8 Å². The van der Waals surface area contributed by atoms with Gasteiger partial charge in [-0.1, -0.05) is 68.9 Å². The molecule has 0 aliphatic carbocycles. The minimum atomic E-state index is 0. The van der Waals surface area contributed by atoms with E-state index in [1.165, 1.54) is 113 Å². The standard InChI is InChI=1S/2C14H22N2.C13H20N2.CH4/c2*1-11(2)14-5-4-13(10-15-14)16-8-6-12(3)7-9-16;1-11(2)12-6-7-13(14-10-12)15-8-4-3-5-9-15;/h2*4-5,10-12H,6-9H2,1-3H3;6-7,10-11H,3-5,8-9H2,1-2H3;1H4. The van der Waals surface area contributed by atoms with Gasteiger partial charge >= 0.3 is 0 Å². The fraction of sp³-hybridized carbons (Fsp3) is 0.643. The first-order valence-electron chi connectivity index (χ1n) is 18.7. The van der Waals surface area contributed by atoms with Crippen molar-refractivity contribution in [1.29, 1.82) is 0 Å². The Morgan fingerprint density at radius 3 is 1.29 bits per heavy atom. The highest BCUT2D eigenvalue weighted by Crippen LogP contribution is 2.25. The smallest absolute Gasteiger partial charge is 0.128 e. The van der Waals surface area contributed by atoms with Gasteiger partial charge in [-0.2, -0.15) is 0 Å². The van der Waals surface area contributed by atoms with Gasteiger partial charge in [0.1, 0.15) is 5.82 Å². The molecule has 0 atom stereocenters. The molecule has 0 radical (unpaired) electrons. The Hall–Kier alpha value is -3.15. The van der Waals surface area contributed by atoms with Crippen LogP contribution < -0.4 is 14.7 Å². The fourth-order valence-corrected chi connectivity index (χ4v) is 6.43. The lowest BCUT2D eigenvalue weighted by atomic mass is 9.99. The lowest BCUT2D eigenvalue weighted by Gasteiger charge is -2.32. The van der Waals surface area contributed by atoms with E-state index < -0.39 is 0 Å². The van der Waals surface area contributed by atoms with E-state index in [1.807, 2.05) is 18.6 Å². The van der Waals surface area contributed by atoms with E-state index >= 15 is 0 Å². The summed E-state index contributed by atoms with van der Waals surface area (Å²) in [5, 5.41) is 0. The predicted octanol–water partition coefficient (Wildman–Crippen LogP) is 10.7. The summed E-state index contributed by atoms with van der Waals surface area (Å²) in [5.41, 5.74) is 6.28. The van der Waals surface area contributed by atoms with Gasteiger partial charge < -0.3 is 14.7 Å². The number of anilines is 3. The Bertz CT molecular complexity index is 1190. The van der Waals surface area contributed by atoms with Gasteiger partial charge in [0.25, 0.3) is 0 Å². The average Bonchev–Trinajstić information content (AvgIpc) is 3.10. The highest BCUT2D eigenvalue weighted by Gasteiger charge is 2.17. The van der Waals surface area contributed by atoms with Gasteiger partial charge in [-0.25, -0.2) is 4.98 Å². The molecule has 3 saturated heterocycles. The maximum Gasteiger partial charge on any atom is 0.128 e. The molecule has 0 saturated carbocycles. The molecule has 3 aromatic heterocycles. The van der Waals surface area contributed by atoms with Crippen LogP contribution in [-0.2, 0) is 0 Å². The SMILES string of the molecule is C.CC(C)c1ccc(N2CCCCC2)nc1.CC1CCN(c2ccc(C(C)C)nc2)CC1.CC1CCN(c2ccc(C(C)C)nc2)CC1. The Labute approximate surface area is 294 Å². The second-order valence-corrected chi connectivity index (χ2v) is 15.2. The van der Waals surface area contributed by atoms with Crippen LogP contribution in [0.4, 0.5) is 17.2 Å². The van der Waals surface area contributed by atoms with Crippen molar-refractivity contribution in [2.75, 3.05) is 54.0 Å². The van der Waals surface area contributed by atoms with Crippen LogP contribution in [0.3, 0.4) is 0 Å². The molecule has 0 amide bonds. The van der Waals surface area contributed by atoms with Crippen LogP contribution in [0.5, 0.6) is 0 Å². The molecule has 266 valence electrons. The number of hydrogen-bond acceptors (Lipinski definition) is 6. The molecule has 6 heteroatoms. The molecule has 0 spiro atoms. The topological polar surface area (TPSA) is 48.4 Å². The minimum Gasteiger partial charge on any atom is -0.370 e. The first kappa shape index (κ1) is 39.3. The van der Waals surface area contributed by atoms with Crippen molar-refractivity contribution >= 4 is 17.2 Å². The third-order valence-electron chi connectivity index (χ3n) is 10.1. The molecule has 6 rings (SSSR count). The molecular formula is C42H68N6. The predicted molar refractivity (Wildman–Crippen MR) is 209 cm³/mol. The first-order chi connectivity index (χ1) is 22.6. The Morgan fingerprint density at radius 1 is 0.500 bits per heavy atom. The van der Waals surface area contributed by atoms with Crippen LogP contribution in [0.15, 0.2) is 55.0 Å². The number of rotatable bonds is 6. The lowest BCUT2D eigenvalue weighted by molar-refractivity contribution is 0.438. The van der Waals surface area contributed by atoms with E-state index in [0.29, 0.717) is 17.8 Å². The number of nitrogens with zero attached hydrogens (tertiary/aromatic N) is 6. The van der Waals surface area contributed by atoms with E-state index in [9.17, 15) is 0 Å². The summed E-state index contributed by atoms with van der Waals surface area (Å²) in [6, 6.07) is 13.1. The molecule has 6 nitrogen and oxygen atoms in total. The van der Waals surface area contributed by atoms with Gasteiger partial charge in [0, 0.05) is 56.9 Å². The number of hydrogen-bond donors (Lipinski definition) is 0. The number of aromatic nitrogens is 3. The van der Waals surface area contributed by atoms with Crippen molar-refractivity contribution in [2.45, 2.75) is 126 Å². The third-order valence-corrected chi connectivity index (χ3v) is 10.1. The van der Waals surface area contributed by atoms with E-state index in [-0.39, 0.29) is 7.43 Å². The summed E-state index contributed by atoms with van der Waals surface area (Å²) >= 11 is 0. The maximum atomic E-state index is 4.55. The molecule has 3 aliphatic rings. The van der Waals surface area contributed by atoms with Crippen LogP contribution in [0, 0.1) is 11.8 Å². The molecule has 6 heterocycles. The molecule has 3 aromatic rings. The number of piperidine rings is 3. The van der Waals surface area contributed by atoms with Gasteiger partial charge in [0.2, 0.25) is 0 Å². The van der Waals surface area contributed by atoms with Crippen molar-refractivity contribution in [2.24, 2.45) is 11.8 Å². The van der Waals surface area contributed by atoms with Gasteiger partial charge in [-0.15, -0.1) is 0 Å². The van der Waals surface area contributed by atoms with Gasteiger partial charge in [-0.3, -0.25) is 9.97 Å². The minimum absolute atomic E-state index is 0. The summed E-state index contributed by atoms with van der Waals surface area (Å²) < 4.78 is 0. The van der Waals surface area contributed by atoms with Crippen molar-refractivity contribution in [1.82, 2.24) is 15.0 Å². The van der Waals surface area contributed by atoms with Crippen molar-refractivity contribution in [3.8, 4) is 0 Å². The van der Waals surface area contributed by atoms with E-state index in [2.05, 4.69) is 121 Å². The highest BCUT2D eigenvalue weighted by molar-refractivity contribution is 5.46.